The molecule has 2 rings (SSSR count). The summed E-state index contributed by atoms with van der Waals surface area (Å²) in [6.45, 7) is 13.0. The van der Waals surface area contributed by atoms with Crippen molar-refractivity contribution in [3.05, 3.63) is 42.5 Å². The van der Waals surface area contributed by atoms with Gasteiger partial charge in [-0.05, 0) is 45.2 Å². The number of carbonyl (C=O) groups excluding carboxylic acids is 1. The van der Waals surface area contributed by atoms with Crippen molar-refractivity contribution in [2.75, 3.05) is 39.3 Å². The Morgan fingerprint density at radius 2 is 2.00 bits per heavy atom. The maximum atomic E-state index is 12.2. The number of rotatable bonds is 7. The zero-order chi connectivity index (χ0) is 20.6. The van der Waals surface area contributed by atoms with Crippen molar-refractivity contribution >= 4 is 6.09 Å². The summed E-state index contributed by atoms with van der Waals surface area (Å²) in [5.41, 5.74) is 0.575. The molecule has 1 saturated heterocycles. The van der Waals surface area contributed by atoms with Gasteiger partial charge in [0.1, 0.15) is 24.1 Å². The molecule has 0 aromatic heterocycles. The summed E-state index contributed by atoms with van der Waals surface area (Å²) >= 11 is 0. The monoisotopic (exact) mass is 390 g/mol. The molecule has 6 nitrogen and oxygen atoms in total. The average molecular weight is 391 g/mol. The van der Waals surface area contributed by atoms with Gasteiger partial charge in [0.25, 0.3) is 0 Å². The van der Waals surface area contributed by atoms with Gasteiger partial charge in [0, 0.05) is 32.7 Å². The van der Waals surface area contributed by atoms with E-state index >= 15 is 0 Å². The maximum absolute atomic E-state index is 12.2. The van der Waals surface area contributed by atoms with Crippen molar-refractivity contribution in [2.45, 2.75) is 45.3 Å². The molecule has 1 aromatic carbocycles. The topological polar surface area (TPSA) is 62.2 Å². The summed E-state index contributed by atoms with van der Waals surface area (Å²) in [6, 6.07) is 7.81. The van der Waals surface area contributed by atoms with Crippen LogP contribution in [0.3, 0.4) is 0 Å². The smallest absolute Gasteiger partial charge is 0.410 e. The number of nitrogens with zero attached hydrogens (tertiary/aromatic N) is 2. The summed E-state index contributed by atoms with van der Waals surface area (Å²) < 4.78 is 11.3. The first-order valence-corrected chi connectivity index (χ1v) is 9.98. The lowest BCUT2D eigenvalue weighted by atomic mass is 10.1. The molecule has 1 heterocycles. The van der Waals surface area contributed by atoms with Gasteiger partial charge >= 0.3 is 6.09 Å². The third-order valence-corrected chi connectivity index (χ3v) is 4.48. The van der Waals surface area contributed by atoms with Gasteiger partial charge in [-0.1, -0.05) is 24.3 Å². The largest absolute Gasteiger partial charge is 0.491 e. The van der Waals surface area contributed by atoms with Crippen LogP contribution < -0.4 is 4.74 Å². The maximum Gasteiger partial charge on any atom is 0.410 e. The van der Waals surface area contributed by atoms with E-state index in [2.05, 4.69) is 11.5 Å². The average Bonchev–Trinajstić information content (AvgIpc) is 2.85. The summed E-state index contributed by atoms with van der Waals surface area (Å²) in [5.74, 6) is 0.786. The number of β-amino-alcohol motifs (C(OH)–C–C–N with tert-alkyl or cyclic N) is 1. The molecule has 1 N–H and O–H groups in total. The minimum atomic E-state index is -0.593. The van der Waals surface area contributed by atoms with Gasteiger partial charge in [-0.2, -0.15) is 0 Å². The Balaban J connectivity index is 1.79. The van der Waals surface area contributed by atoms with Crippen LogP contribution in [0.25, 0.3) is 0 Å². The second kappa shape index (κ2) is 10.5. The molecule has 0 saturated carbocycles. The van der Waals surface area contributed by atoms with Crippen molar-refractivity contribution < 1.29 is 19.4 Å². The molecule has 1 fully saturated rings. The van der Waals surface area contributed by atoms with Crippen molar-refractivity contribution in [1.29, 1.82) is 0 Å². The number of para-hydroxylation sites is 1. The second-order valence-corrected chi connectivity index (χ2v) is 8.19. The van der Waals surface area contributed by atoms with Gasteiger partial charge in [-0.15, -0.1) is 6.58 Å². The normalized spacial score (nSPS) is 16.9. The lowest BCUT2D eigenvalue weighted by Crippen LogP contribution is -2.40. The summed E-state index contributed by atoms with van der Waals surface area (Å²) in [7, 11) is 0. The minimum Gasteiger partial charge on any atom is -0.491 e. The summed E-state index contributed by atoms with van der Waals surface area (Å²) in [4.78, 5) is 16.2. The van der Waals surface area contributed by atoms with Crippen LogP contribution in [0, 0.1) is 0 Å². The number of hydrogen-bond donors (Lipinski definition) is 1. The van der Waals surface area contributed by atoms with Crippen LogP contribution in [0.2, 0.25) is 0 Å². The van der Waals surface area contributed by atoms with Crippen molar-refractivity contribution in [1.82, 2.24) is 9.80 Å². The minimum absolute atomic E-state index is 0.237. The number of allylic oxidation sites excluding steroid dienone is 1. The van der Waals surface area contributed by atoms with Gasteiger partial charge in [-0.25, -0.2) is 4.79 Å². The molecule has 28 heavy (non-hydrogen) atoms. The quantitative estimate of drug-likeness (QED) is 0.725. The fourth-order valence-corrected chi connectivity index (χ4v) is 3.17. The molecule has 1 atom stereocenters. The molecule has 1 amide bonds. The molecule has 0 bridgehead atoms. The van der Waals surface area contributed by atoms with Crippen LogP contribution in [0.5, 0.6) is 5.75 Å². The summed E-state index contributed by atoms with van der Waals surface area (Å²) in [5, 5.41) is 10.4. The van der Waals surface area contributed by atoms with Crippen molar-refractivity contribution in [3.63, 3.8) is 0 Å². The Morgan fingerprint density at radius 1 is 1.25 bits per heavy atom. The van der Waals surface area contributed by atoms with Crippen LogP contribution in [-0.2, 0) is 11.2 Å². The lowest BCUT2D eigenvalue weighted by molar-refractivity contribution is 0.0252. The fraction of sp³-hybridized carbons (Fsp3) is 0.591. The molecule has 0 radical (unpaired) electrons. The standard InChI is InChI=1S/C22H34N2O4/c1-5-9-18-10-6-7-11-20(18)27-17-19(25)16-23-12-8-13-24(15-14-23)21(26)28-22(2,3)4/h5-7,10-11,19,25H,1,8-9,12-17H2,2-4H3. The van der Waals surface area contributed by atoms with Gasteiger partial charge < -0.3 is 19.5 Å². The van der Waals surface area contributed by atoms with E-state index in [9.17, 15) is 9.90 Å². The molecular weight excluding hydrogens is 356 g/mol. The molecule has 1 unspecified atom stereocenters. The second-order valence-electron chi connectivity index (χ2n) is 8.19. The van der Waals surface area contributed by atoms with Crippen LogP contribution in [0.1, 0.15) is 32.8 Å². The number of carbonyl (C=O) groups is 1. The number of amides is 1. The van der Waals surface area contributed by atoms with Crippen LogP contribution >= 0.6 is 0 Å². The van der Waals surface area contributed by atoms with Gasteiger partial charge in [0.05, 0.1) is 0 Å². The van der Waals surface area contributed by atoms with Crippen LogP contribution in [0.15, 0.2) is 36.9 Å². The Hall–Kier alpha value is -2.05. The highest BCUT2D eigenvalue weighted by atomic mass is 16.6. The van der Waals surface area contributed by atoms with Crippen LogP contribution in [-0.4, -0.2) is 72.0 Å². The fourth-order valence-electron chi connectivity index (χ4n) is 3.17. The van der Waals surface area contributed by atoms with E-state index in [-0.39, 0.29) is 12.7 Å². The molecule has 1 aromatic rings. The third kappa shape index (κ3) is 7.52. The van der Waals surface area contributed by atoms with E-state index in [4.69, 9.17) is 9.47 Å². The third-order valence-electron chi connectivity index (χ3n) is 4.48. The Kier molecular flexibility index (Phi) is 8.33. The highest BCUT2D eigenvalue weighted by Gasteiger charge is 2.25. The molecule has 0 spiro atoms. The predicted octanol–water partition coefficient (Wildman–Crippen LogP) is 3.10. The number of aliphatic hydroxyl groups excluding tert-OH is 1. The Morgan fingerprint density at radius 3 is 2.71 bits per heavy atom. The number of ether oxygens (including phenoxy) is 2. The highest BCUT2D eigenvalue weighted by molar-refractivity contribution is 5.68. The summed E-state index contributed by atoms with van der Waals surface area (Å²) in [6.07, 6.45) is 2.57. The van der Waals surface area contributed by atoms with E-state index in [0.717, 1.165) is 30.7 Å². The van der Waals surface area contributed by atoms with Crippen molar-refractivity contribution in [3.8, 4) is 5.75 Å². The predicted molar refractivity (Wildman–Crippen MR) is 111 cm³/mol. The van der Waals surface area contributed by atoms with E-state index < -0.39 is 11.7 Å². The molecule has 156 valence electrons. The Labute approximate surface area is 168 Å². The van der Waals surface area contributed by atoms with E-state index in [0.29, 0.717) is 26.2 Å². The molecule has 1 aliphatic rings. The first-order chi connectivity index (χ1) is 13.3. The lowest BCUT2D eigenvalue weighted by Gasteiger charge is -2.27. The molecule has 6 heteroatoms. The molecular formula is C22H34N2O4. The number of benzene rings is 1. The Bertz CT molecular complexity index is 642. The van der Waals surface area contributed by atoms with Gasteiger partial charge in [0.15, 0.2) is 0 Å². The molecule has 1 aliphatic heterocycles. The first-order valence-electron chi connectivity index (χ1n) is 9.98. The number of hydrogen-bond acceptors (Lipinski definition) is 5. The highest BCUT2D eigenvalue weighted by Crippen LogP contribution is 2.19. The van der Waals surface area contributed by atoms with E-state index in [1.807, 2.05) is 51.1 Å². The first kappa shape index (κ1) is 22.2. The SMILES string of the molecule is C=CCc1ccccc1OCC(O)CN1CCCN(C(=O)OC(C)(C)C)CC1. The van der Waals surface area contributed by atoms with Crippen molar-refractivity contribution in [2.24, 2.45) is 0 Å². The zero-order valence-corrected chi connectivity index (χ0v) is 17.4. The van der Waals surface area contributed by atoms with Gasteiger partial charge in [-0.3, -0.25) is 4.90 Å². The number of aliphatic hydroxyl groups is 1. The van der Waals surface area contributed by atoms with Gasteiger partial charge in [0.2, 0.25) is 0 Å². The van der Waals surface area contributed by atoms with E-state index in [1.165, 1.54) is 0 Å². The molecule has 0 aliphatic carbocycles. The van der Waals surface area contributed by atoms with Crippen LogP contribution in [0.4, 0.5) is 4.79 Å². The zero-order valence-electron chi connectivity index (χ0n) is 17.4. The van der Waals surface area contributed by atoms with E-state index in [1.54, 1.807) is 4.90 Å².